The van der Waals surface area contributed by atoms with Gasteiger partial charge in [0.2, 0.25) is 0 Å². The average Bonchev–Trinajstić information content (AvgIpc) is 3.02. The van der Waals surface area contributed by atoms with Crippen LogP contribution in [0.15, 0.2) is 29.6 Å². The maximum Gasteiger partial charge on any atom is 0.273 e. The molecule has 1 saturated heterocycles. The molecule has 0 atom stereocenters. The maximum atomic E-state index is 12.3. The Morgan fingerprint density at radius 2 is 2.14 bits per heavy atom. The first-order valence-corrected chi connectivity index (χ1v) is 8.60. The average molecular weight is 337 g/mol. The van der Waals surface area contributed by atoms with Crippen LogP contribution in [0.25, 0.3) is 0 Å². The van der Waals surface area contributed by atoms with Gasteiger partial charge < -0.3 is 9.64 Å². The van der Waals surface area contributed by atoms with E-state index in [9.17, 15) is 4.79 Å². The number of aromatic nitrogens is 1. The number of benzene rings is 1. The topological polar surface area (TPSA) is 42.4 Å². The summed E-state index contributed by atoms with van der Waals surface area (Å²) >= 11 is 7.36. The zero-order chi connectivity index (χ0) is 15.4. The number of hydrogen-bond acceptors (Lipinski definition) is 4. The highest BCUT2D eigenvalue weighted by Gasteiger charge is 2.20. The van der Waals surface area contributed by atoms with Crippen molar-refractivity contribution in [3.8, 4) is 5.75 Å². The van der Waals surface area contributed by atoms with Crippen LogP contribution < -0.4 is 4.74 Å². The molecule has 4 nitrogen and oxygen atoms in total. The number of nitrogens with zero attached hydrogens (tertiary/aromatic N) is 2. The highest BCUT2D eigenvalue weighted by atomic mass is 35.5. The second kappa shape index (κ2) is 7.11. The molecule has 1 fully saturated rings. The molecule has 0 saturated carbocycles. The first-order chi connectivity index (χ1) is 10.7. The van der Waals surface area contributed by atoms with E-state index in [2.05, 4.69) is 4.98 Å². The number of carbonyl (C=O) groups excluding carboxylic acids is 1. The third-order valence-corrected chi connectivity index (χ3v) is 4.63. The molecule has 0 spiro atoms. The molecule has 1 aromatic heterocycles. The summed E-state index contributed by atoms with van der Waals surface area (Å²) in [6.45, 7) is 2.02. The second-order valence-corrected chi connectivity index (χ2v) is 6.60. The fraction of sp³-hybridized carbons (Fsp3) is 0.375. The molecular weight excluding hydrogens is 320 g/mol. The van der Waals surface area contributed by atoms with Gasteiger partial charge in [0.15, 0.2) is 0 Å². The Bertz CT molecular complexity index is 653. The van der Waals surface area contributed by atoms with Crippen LogP contribution in [-0.4, -0.2) is 28.9 Å². The number of amides is 1. The maximum absolute atomic E-state index is 12.3. The number of piperidine rings is 1. The van der Waals surface area contributed by atoms with Crippen LogP contribution in [-0.2, 0) is 6.61 Å². The third-order valence-electron chi connectivity index (χ3n) is 3.57. The van der Waals surface area contributed by atoms with Crippen LogP contribution in [0.1, 0.15) is 34.8 Å². The minimum Gasteiger partial charge on any atom is -0.486 e. The number of rotatable bonds is 4. The minimum atomic E-state index is 0.0324. The molecule has 3 rings (SSSR count). The lowest BCUT2D eigenvalue weighted by Crippen LogP contribution is -2.35. The van der Waals surface area contributed by atoms with E-state index in [-0.39, 0.29) is 5.91 Å². The number of ether oxygens (including phenoxy) is 1. The van der Waals surface area contributed by atoms with Gasteiger partial charge in [-0.25, -0.2) is 4.98 Å². The Morgan fingerprint density at radius 3 is 2.91 bits per heavy atom. The van der Waals surface area contributed by atoms with Gasteiger partial charge >= 0.3 is 0 Å². The van der Waals surface area contributed by atoms with Gasteiger partial charge in [-0.15, -0.1) is 11.3 Å². The Balaban J connectivity index is 1.60. The van der Waals surface area contributed by atoms with Crippen molar-refractivity contribution in [1.29, 1.82) is 0 Å². The summed E-state index contributed by atoms with van der Waals surface area (Å²) in [5.74, 6) is 0.733. The standard InChI is InChI=1S/C16H17ClN2O2S/c17-12-5-4-6-13(9-12)21-10-15-18-14(11-22-15)16(20)19-7-2-1-3-8-19/h4-6,9,11H,1-3,7-8,10H2. The Labute approximate surface area is 138 Å². The molecule has 2 aromatic rings. The van der Waals surface area contributed by atoms with Crippen LogP contribution in [0.3, 0.4) is 0 Å². The summed E-state index contributed by atoms with van der Waals surface area (Å²) in [5, 5.41) is 3.24. The quantitative estimate of drug-likeness (QED) is 0.847. The van der Waals surface area contributed by atoms with Crippen LogP contribution in [0, 0.1) is 0 Å². The molecule has 1 aliphatic rings. The van der Waals surface area contributed by atoms with Crippen molar-refractivity contribution in [3.63, 3.8) is 0 Å². The van der Waals surface area contributed by atoms with Crippen molar-refractivity contribution in [2.45, 2.75) is 25.9 Å². The van der Waals surface area contributed by atoms with Crippen molar-refractivity contribution >= 4 is 28.8 Å². The van der Waals surface area contributed by atoms with E-state index >= 15 is 0 Å². The molecule has 116 valence electrons. The van der Waals surface area contributed by atoms with Gasteiger partial charge in [-0.3, -0.25) is 4.79 Å². The van der Waals surface area contributed by atoms with Crippen molar-refractivity contribution in [2.24, 2.45) is 0 Å². The highest BCUT2D eigenvalue weighted by molar-refractivity contribution is 7.09. The third kappa shape index (κ3) is 3.78. The molecule has 1 aliphatic heterocycles. The lowest BCUT2D eigenvalue weighted by atomic mass is 10.1. The lowest BCUT2D eigenvalue weighted by molar-refractivity contribution is 0.0719. The molecule has 0 radical (unpaired) electrons. The molecule has 6 heteroatoms. The van der Waals surface area contributed by atoms with Gasteiger partial charge in [-0.2, -0.15) is 0 Å². The van der Waals surface area contributed by atoms with Crippen molar-refractivity contribution in [3.05, 3.63) is 45.4 Å². The summed E-state index contributed by atoms with van der Waals surface area (Å²) in [6.07, 6.45) is 3.38. The first-order valence-electron chi connectivity index (χ1n) is 7.34. The SMILES string of the molecule is O=C(c1csc(COc2cccc(Cl)c2)n1)N1CCCCC1. The second-order valence-electron chi connectivity index (χ2n) is 5.23. The number of carbonyl (C=O) groups is 1. The Morgan fingerprint density at radius 1 is 1.32 bits per heavy atom. The van der Waals surface area contributed by atoms with Gasteiger partial charge in [-0.05, 0) is 37.5 Å². The molecule has 0 aliphatic carbocycles. The Hall–Kier alpha value is -1.59. The van der Waals surface area contributed by atoms with Gasteiger partial charge in [-0.1, -0.05) is 17.7 Å². The highest BCUT2D eigenvalue weighted by Crippen LogP contribution is 2.20. The number of halogens is 1. The molecule has 0 N–H and O–H groups in total. The van der Waals surface area contributed by atoms with Gasteiger partial charge in [0.05, 0.1) is 0 Å². The fourth-order valence-corrected chi connectivity index (χ4v) is 3.30. The van der Waals surface area contributed by atoms with Crippen LogP contribution in [0.5, 0.6) is 5.75 Å². The summed E-state index contributed by atoms with van der Waals surface area (Å²) in [6, 6.07) is 7.24. The number of thiazole rings is 1. The van der Waals surface area contributed by atoms with Crippen LogP contribution >= 0.6 is 22.9 Å². The fourth-order valence-electron chi connectivity index (χ4n) is 2.44. The van der Waals surface area contributed by atoms with Gasteiger partial charge in [0, 0.05) is 23.5 Å². The summed E-state index contributed by atoms with van der Waals surface area (Å²) < 4.78 is 5.65. The van der Waals surface area contributed by atoms with Crippen molar-refractivity contribution in [2.75, 3.05) is 13.1 Å². The molecule has 2 heterocycles. The van der Waals surface area contributed by atoms with E-state index in [0.717, 1.165) is 30.9 Å². The normalized spacial score (nSPS) is 14.9. The van der Waals surface area contributed by atoms with Gasteiger partial charge in [0.25, 0.3) is 5.91 Å². The molecule has 0 bridgehead atoms. The molecule has 1 aromatic carbocycles. The smallest absolute Gasteiger partial charge is 0.273 e. The number of likely N-dealkylation sites (tertiary alicyclic amines) is 1. The Kier molecular flexibility index (Phi) is 4.95. The summed E-state index contributed by atoms with van der Waals surface area (Å²) in [5.41, 5.74) is 0.525. The summed E-state index contributed by atoms with van der Waals surface area (Å²) in [7, 11) is 0. The number of hydrogen-bond donors (Lipinski definition) is 0. The lowest BCUT2D eigenvalue weighted by Gasteiger charge is -2.25. The minimum absolute atomic E-state index is 0.0324. The van der Waals surface area contributed by atoms with E-state index in [4.69, 9.17) is 16.3 Å². The molecular formula is C16H17ClN2O2S. The molecule has 1 amide bonds. The van der Waals surface area contributed by atoms with Crippen molar-refractivity contribution < 1.29 is 9.53 Å². The van der Waals surface area contributed by atoms with Crippen molar-refractivity contribution in [1.82, 2.24) is 9.88 Å². The monoisotopic (exact) mass is 336 g/mol. The van der Waals surface area contributed by atoms with Crippen LogP contribution in [0.4, 0.5) is 0 Å². The van der Waals surface area contributed by atoms with E-state index < -0.39 is 0 Å². The largest absolute Gasteiger partial charge is 0.486 e. The summed E-state index contributed by atoms with van der Waals surface area (Å²) in [4.78, 5) is 18.6. The predicted molar refractivity (Wildman–Crippen MR) is 87.7 cm³/mol. The van der Waals surface area contributed by atoms with E-state index in [0.29, 0.717) is 23.1 Å². The van der Waals surface area contributed by atoms with Crippen LogP contribution in [0.2, 0.25) is 5.02 Å². The predicted octanol–water partition coefficient (Wildman–Crippen LogP) is 4.00. The van der Waals surface area contributed by atoms with E-state index in [1.54, 1.807) is 12.1 Å². The molecule has 22 heavy (non-hydrogen) atoms. The first kappa shape index (κ1) is 15.3. The van der Waals surface area contributed by atoms with Gasteiger partial charge in [0.1, 0.15) is 23.1 Å². The zero-order valence-corrected chi connectivity index (χ0v) is 13.7. The molecule has 0 unspecified atom stereocenters. The van der Waals surface area contributed by atoms with E-state index in [1.807, 2.05) is 22.4 Å². The zero-order valence-electron chi connectivity index (χ0n) is 12.1. The van der Waals surface area contributed by atoms with E-state index in [1.165, 1.54) is 17.8 Å².